The van der Waals surface area contributed by atoms with Crippen LogP contribution in [-0.2, 0) is 6.54 Å². The summed E-state index contributed by atoms with van der Waals surface area (Å²) in [4.78, 5) is 5.66. The van der Waals surface area contributed by atoms with Gasteiger partial charge in [-0.25, -0.2) is 0 Å². The molecule has 0 saturated heterocycles. The van der Waals surface area contributed by atoms with Gasteiger partial charge >= 0.3 is 0 Å². The standard InChI is InChI=1S/C14H17NOSSi/c1-18(2)16-14-8-4-3-6-12(14)10-15-11-13-7-5-9-17-13/h3-9,11,18H,10H2,1-2H3. The van der Waals surface area contributed by atoms with Crippen molar-refractivity contribution in [3.05, 3.63) is 52.2 Å². The molecule has 0 spiro atoms. The highest BCUT2D eigenvalue weighted by molar-refractivity contribution is 7.11. The first kappa shape index (κ1) is 13.0. The summed E-state index contributed by atoms with van der Waals surface area (Å²) in [5, 5.41) is 2.06. The van der Waals surface area contributed by atoms with E-state index in [0.29, 0.717) is 6.54 Å². The van der Waals surface area contributed by atoms with Crippen LogP contribution in [0.1, 0.15) is 10.4 Å². The van der Waals surface area contributed by atoms with E-state index in [1.54, 1.807) is 11.3 Å². The number of benzene rings is 1. The van der Waals surface area contributed by atoms with Crippen LogP contribution in [0.15, 0.2) is 46.8 Å². The van der Waals surface area contributed by atoms with Crippen LogP contribution >= 0.6 is 11.3 Å². The van der Waals surface area contributed by atoms with E-state index in [-0.39, 0.29) is 0 Å². The van der Waals surface area contributed by atoms with Crippen LogP contribution in [0, 0.1) is 0 Å². The maximum absolute atomic E-state index is 5.90. The average molecular weight is 275 g/mol. The summed E-state index contributed by atoms with van der Waals surface area (Å²) in [6.07, 6.45) is 1.92. The number of para-hydroxylation sites is 1. The van der Waals surface area contributed by atoms with Gasteiger partial charge in [0.15, 0.2) is 0 Å². The zero-order valence-electron chi connectivity index (χ0n) is 10.7. The summed E-state index contributed by atoms with van der Waals surface area (Å²) in [7, 11) is -1.06. The molecule has 1 heterocycles. The largest absolute Gasteiger partial charge is 0.547 e. The van der Waals surface area contributed by atoms with Gasteiger partial charge in [0, 0.05) is 16.7 Å². The molecular formula is C14H17NOSSi. The highest BCUT2D eigenvalue weighted by atomic mass is 32.1. The van der Waals surface area contributed by atoms with Gasteiger partial charge in [0.2, 0.25) is 9.04 Å². The van der Waals surface area contributed by atoms with Gasteiger partial charge < -0.3 is 4.43 Å². The molecule has 18 heavy (non-hydrogen) atoms. The van der Waals surface area contributed by atoms with Crippen LogP contribution in [0.4, 0.5) is 0 Å². The maximum atomic E-state index is 5.90. The molecule has 2 nitrogen and oxygen atoms in total. The Morgan fingerprint density at radius 3 is 2.78 bits per heavy atom. The predicted molar refractivity (Wildman–Crippen MR) is 81.6 cm³/mol. The molecule has 0 N–H and O–H groups in total. The molecule has 0 unspecified atom stereocenters. The average Bonchev–Trinajstić information content (AvgIpc) is 2.84. The second-order valence-electron chi connectivity index (χ2n) is 4.26. The number of thiophene rings is 1. The summed E-state index contributed by atoms with van der Waals surface area (Å²) >= 11 is 1.70. The minimum absolute atomic E-state index is 0.676. The third-order valence-electron chi connectivity index (χ3n) is 2.36. The van der Waals surface area contributed by atoms with Gasteiger partial charge in [-0.3, -0.25) is 4.99 Å². The molecule has 94 valence electrons. The van der Waals surface area contributed by atoms with Gasteiger partial charge in [0.25, 0.3) is 0 Å². The molecule has 0 amide bonds. The zero-order valence-corrected chi connectivity index (χ0v) is 12.6. The van der Waals surface area contributed by atoms with Crippen molar-refractivity contribution < 1.29 is 4.43 Å². The van der Waals surface area contributed by atoms with Crippen molar-refractivity contribution in [1.82, 2.24) is 0 Å². The van der Waals surface area contributed by atoms with Gasteiger partial charge in [0.1, 0.15) is 5.75 Å². The lowest BCUT2D eigenvalue weighted by Gasteiger charge is -2.12. The van der Waals surface area contributed by atoms with Gasteiger partial charge in [-0.15, -0.1) is 11.3 Å². The van der Waals surface area contributed by atoms with Gasteiger partial charge in [-0.05, 0) is 30.6 Å². The van der Waals surface area contributed by atoms with Crippen molar-refractivity contribution in [3.63, 3.8) is 0 Å². The molecule has 1 aromatic heterocycles. The van der Waals surface area contributed by atoms with Crippen molar-refractivity contribution in [2.45, 2.75) is 19.6 Å². The minimum Gasteiger partial charge on any atom is -0.547 e. The van der Waals surface area contributed by atoms with Gasteiger partial charge in [0.05, 0.1) is 6.54 Å². The van der Waals surface area contributed by atoms with Crippen molar-refractivity contribution in [2.24, 2.45) is 4.99 Å². The van der Waals surface area contributed by atoms with E-state index < -0.39 is 9.04 Å². The second-order valence-corrected chi connectivity index (χ2v) is 7.57. The third-order valence-corrected chi connectivity index (χ3v) is 3.89. The Morgan fingerprint density at radius 1 is 1.22 bits per heavy atom. The zero-order chi connectivity index (χ0) is 12.8. The molecule has 0 aliphatic carbocycles. The molecule has 4 heteroatoms. The van der Waals surface area contributed by atoms with Gasteiger partial charge in [-0.2, -0.15) is 0 Å². The molecular weight excluding hydrogens is 258 g/mol. The molecule has 2 aromatic rings. The number of hydrogen-bond donors (Lipinski definition) is 0. The number of rotatable bonds is 5. The molecule has 2 rings (SSSR count). The maximum Gasteiger partial charge on any atom is 0.229 e. The Labute approximate surface area is 114 Å². The molecule has 0 saturated carbocycles. The van der Waals surface area contributed by atoms with Crippen molar-refractivity contribution in [3.8, 4) is 5.75 Å². The Bertz CT molecular complexity index is 508. The highest BCUT2D eigenvalue weighted by Crippen LogP contribution is 2.19. The summed E-state index contributed by atoms with van der Waals surface area (Å²) in [5.41, 5.74) is 1.16. The summed E-state index contributed by atoms with van der Waals surface area (Å²) in [6, 6.07) is 12.3. The van der Waals surface area contributed by atoms with E-state index in [1.165, 1.54) is 4.88 Å². The Kier molecular flexibility index (Phi) is 4.72. The molecule has 0 atom stereocenters. The molecule has 0 aliphatic heterocycles. The quantitative estimate of drug-likeness (QED) is 0.602. The topological polar surface area (TPSA) is 21.6 Å². The van der Waals surface area contributed by atoms with E-state index in [1.807, 2.05) is 30.5 Å². The van der Waals surface area contributed by atoms with Crippen molar-refractivity contribution in [1.29, 1.82) is 0 Å². The first-order valence-electron chi connectivity index (χ1n) is 6.03. The normalized spacial score (nSPS) is 11.3. The summed E-state index contributed by atoms with van der Waals surface area (Å²) < 4.78 is 5.90. The Hall–Kier alpha value is -1.39. The number of aliphatic imine (C=N–C) groups is 1. The second kappa shape index (κ2) is 6.52. The van der Waals surface area contributed by atoms with Crippen LogP contribution < -0.4 is 4.43 Å². The van der Waals surface area contributed by atoms with E-state index in [0.717, 1.165) is 11.3 Å². The lowest BCUT2D eigenvalue weighted by molar-refractivity contribution is 0.572. The molecule has 0 aliphatic rings. The van der Waals surface area contributed by atoms with Crippen molar-refractivity contribution in [2.75, 3.05) is 0 Å². The highest BCUT2D eigenvalue weighted by Gasteiger charge is 2.04. The van der Waals surface area contributed by atoms with E-state index in [2.05, 4.69) is 35.6 Å². The van der Waals surface area contributed by atoms with Crippen LogP contribution in [0.3, 0.4) is 0 Å². The van der Waals surface area contributed by atoms with Crippen LogP contribution in [0.5, 0.6) is 5.75 Å². The molecule has 0 fully saturated rings. The van der Waals surface area contributed by atoms with E-state index in [4.69, 9.17) is 4.43 Å². The first-order valence-corrected chi connectivity index (χ1v) is 9.69. The van der Waals surface area contributed by atoms with Crippen LogP contribution in [-0.4, -0.2) is 15.3 Å². The lowest BCUT2D eigenvalue weighted by atomic mass is 10.2. The SMILES string of the molecule is C[SiH](C)Oc1ccccc1CN=Cc1cccs1. The number of hydrogen-bond acceptors (Lipinski definition) is 3. The fourth-order valence-corrected chi connectivity index (χ4v) is 2.95. The summed E-state index contributed by atoms with van der Waals surface area (Å²) in [6.45, 7) is 5.02. The van der Waals surface area contributed by atoms with Gasteiger partial charge in [-0.1, -0.05) is 24.3 Å². The first-order chi connectivity index (χ1) is 8.75. The van der Waals surface area contributed by atoms with Crippen molar-refractivity contribution >= 4 is 26.6 Å². The lowest BCUT2D eigenvalue weighted by Crippen LogP contribution is -2.12. The van der Waals surface area contributed by atoms with E-state index >= 15 is 0 Å². The molecule has 0 radical (unpaired) electrons. The van der Waals surface area contributed by atoms with E-state index in [9.17, 15) is 0 Å². The summed E-state index contributed by atoms with van der Waals surface area (Å²) in [5.74, 6) is 0.988. The molecule has 0 bridgehead atoms. The Morgan fingerprint density at radius 2 is 2.06 bits per heavy atom. The fraction of sp³-hybridized carbons (Fsp3) is 0.214. The third kappa shape index (κ3) is 3.82. The molecule has 1 aromatic carbocycles. The van der Waals surface area contributed by atoms with Crippen LogP contribution in [0.2, 0.25) is 13.1 Å². The smallest absolute Gasteiger partial charge is 0.229 e. The minimum atomic E-state index is -1.06. The number of nitrogens with zero attached hydrogens (tertiary/aromatic N) is 1. The fourth-order valence-electron chi connectivity index (χ4n) is 1.60. The predicted octanol–water partition coefficient (Wildman–Crippen LogP) is 3.73. The monoisotopic (exact) mass is 275 g/mol. The van der Waals surface area contributed by atoms with Crippen LogP contribution in [0.25, 0.3) is 0 Å². The Balaban J connectivity index is 2.04.